The van der Waals surface area contributed by atoms with Crippen LogP contribution in [0.15, 0.2) is 18.2 Å². The van der Waals surface area contributed by atoms with Crippen molar-refractivity contribution >= 4 is 12.4 Å². The molecule has 0 aromatic heterocycles. The molecule has 0 radical (unpaired) electrons. The van der Waals surface area contributed by atoms with Crippen LogP contribution in [0.25, 0.3) is 0 Å². The van der Waals surface area contributed by atoms with Crippen LogP contribution < -0.4 is 5.73 Å². The second-order valence-corrected chi connectivity index (χ2v) is 3.14. The van der Waals surface area contributed by atoms with Crippen LogP contribution in [0, 0.1) is 11.6 Å². The number of aliphatic hydroxyl groups excluding tert-OH is 1. The Bertz CT molecular complexity index is 309. The van der Waals surface area contributed by atoms with Gasteiger partial charge in [0, 0.05) is 24.3 Å². The first-order valence-corrected chi connectivity index (χ1v) is 4.46. The van der Waals surface area contributed by atoms with Gasteiger partial charge < -0.3 is 10.8 Å². The Hall–Kier alpha value is -0.710. The van der Waals surface area contributed by atoms with Gasteiger partial charge in [-0.25, -0.2) is 8.78 Å². The van der Waals surface area contributed by atoms with E-state index >= 15 is 0 Å². The lowest BCUT2D eigenvalue weighted by molar-refractivity contribution is 0.279. The van der Waals surface area contributed by atoms with E-state index in [9.17, 15) is 8.78 Å². The standard InChI is InChI=1S/C10H13F2NO.ClH/c11-7-3-4-8(9(12)6-7)10(13)2-1-5-14;/h3-4,6,10,14H,1-2,5,13H2;1H/t10-;/m0./s1. The third-order valence-corrected chi connectivity index (χ3v) is 2.04. The molecule has 0 aliphatic carbocycles. The molecule has 86 valence electrons. The lowest BCUT2D eigenvalue weighted by atomic mass is 10.0. The summed E-state index contributed by atoms with van der Waals surface area (Å²) in [5.74, 6) is -1.24. The van der Waals surface area contributed by atoms with E-state index in [1.165, 1.54) is 12.1 Å². The van der Waals surface area contributed by atoms with Crippen LogP contribution in [0.2, 0.25) is 0 Å². The fourth-order valence-electron chi connectivity index (χ4n) is 1.27. The van der Waals surface area contributed by atoms with E-state index in [2.05, 4.69) is 0 Å². The quantitative estimate of drug-likeness (QED) is 0.843. The van der Waals surface area contributed by atoms with Crippen LogP contribution in [0.1, 0.15) is 24.4 Å². The van der Waals surface area contributed by atoms with Gasteiger partial charge in [-0.2, -0.15) is 0 Å². The monoisotopic (exact) mass is 237 g/mol. The summed E-state index contributed by atoms with van der Waals surface area (Å²) in [6, 6.07) is 2.85. The molecule has 0 heterocycles. The van der Waals surface area contributed by atoms with E-state index in [-0.39, 0.29) is 19.0 Å². The summed E-state index contributed by atoms with van der Waals surface area (Å²) in [5.41, 5.74) is 5.95. The average Bonchev–Trinajstić information content (AvgIpc) is 2.14. The molecule has 0 bridgehead atoms. The van der Waals surface area contributed by atoms with Crippen LogP contribution in [0.3, 0.4) is 0 Å². The van der Waals surface area contributed by atoms with Crippen molar-refractivity contribution in [1.29, 1.82) is 0 Å². The van der Waals surface area contributed by atoms with E-state index in [0.717, 1.165) is 6.07 Å². The molecule has 0 saturated heterocycles. The van der Waals surface area contributed by atoms with Gasteiger partial charge >= 0.3 is 0 Å². The topological polar surface area (TPSA) is 46.2 Å². The van der Waals surface area contributed by atoms with Crippen molar-refractivity contribution in [3.05, 3.63) is 35.4 Å². The first kappa shape index (κ1) is 14.3. The number of rotatable bonds is 4. The highest BCUT2D eigenvalue weighted by Crippen LogP contribution is 2.19. The fraction of sp³-hybridized carbons (Fsp3) is 0.400. The van der Waals surface area contributed by atoms with E-state index in [1.807, 2.05) is 0 Å². The minimum Gasteiger partial charge on any atom is -0.396 e. The average molecular weight is 238 g/mol. The molecule has 2 nitrogen and oxygen atoms in total. The maximum absolute atomic E-state index is 13.1. The molecule has 0 aliphatic rings. The number of nitrogens with two attached hydrogens (primary N) is 1. The van der Waals surface area contributed by atoms with Crippen LogP contribution in [0.5, 0.6) is 0 Å². The van der Waals surface area contributed by atoms with Gasteiger partial charge in [-0.15, -0.1) is 12.4 Å². The molecule has 15 heavy (non-hydrogen) atoms. The summed E-state index contributed by atoms with van der Waals surface area (Å²) in [6.45, 7) is 0.0243. The number of hydrogen-bond donors (Lipinski definition) is 2. The van der Waals surface area contributed by atoms with Crippen molar-refractivity contribution in [2.24, 2.45) is 5.73 Å². The minimum absolute atomic E-state index is 0. The van der Waals surface area contributed by atoms with E-state index in [1.54, 1.807) is 0 Å². The highest BCUT2D eigenvalue weighted by atomic mass is 35.5. The molecule has 5 heteroatoms. The van der Waals surface area contributed by atoms with Crippen molar-refractivity contribution in [3.63, 3.8) is 0 Å². The van der Waals surface area contributed by atoms with Gasteiger partial charge in [-0.1, -0.05) is 6.07 Å². The van der Waals surface area contributed by atoms with Gasteiger partial charge in [0.25, 0.3) is 0 Å². The zero-order valence-electron chi connectivity index (χ0n) is 8.12. The summed E-state index contributed by atoms with van der Waals surface area (Å²) in [5, 5.41) is 8.57. The van der Waals surface area contributed by atoms with Crippen LogP contribution in [-0.2, 0) is 0 Å². The smallest absolute Gasteiger partial charge is 0.130 e. The van der Waals surface area contributed by atoms with Crippen molar-refractivity contribution in [2.75, 3.05) is 6.61 Å². The first-order valence-electron chi connectivity index (χ1n) is 4.46. The predicted octanol–water partition coefficient (Wildman–Crippen LogP) is 2.16. The summed E-state index contributed by atoms with van der Waals surface area (Å²) >= 11 is 0. The van der Waals surface area contributed by atoms with Crippen LogP contribution in [0.4, 0.5) is 8.78 Å². The Morgan fingerprint density at radius 2 is 2.00 bits per heavy atom. The lowest BCUT2D eigenvalue weighted by Gasteiger charge is -2.11. The summed E-state index contributed by atoms with van der Waals surface area (Å²) < 4.78 is 25.7. The van der Waals surface area contributed by atoms with Gasteiger partial charge in [0.15, 0.2) is 0 Å². The summed E-state index contributed by atoms with van der Waals surface area (Å²) in [7, 11) is 0. The molecular weight excluding hydrogens is 224 g/mol. The summed E-state index contributed by atoms with van der Waals surface area (Å²) in [6.07, 6.45) is 0.997. The maximum atomic E-state index is 13.1. The fourth-order valence-corrected chi connectivity index (χ4v) is 1.27. The summed E-state index contributed by atoms with van der Waals surface area (Å²) in [4.78, 5) is 0. The molecule has 1 atom stereocenters. The third kappa shape index (κ3) is 4.11. The van der Waals surface area contributed by atoms with Crippen molar-refractivity contribution in [1.82, 2.24) is 0 Å². The zero-order chi connectivity index (χ0) is 10.6. The number of halogens is 3. The van der Waals surface area contributed by atoms with Gasteiger partial charge in [0.1, 0.15) is 11.6 Å². The van der Waals surface area contributed by atoms with E-state index < -0.39 is 17.7 Å². The second-order valence-electron chi connectivity index (χ2n) is 3.14. The van der Waals surface area contributed by atoms with Gasteiger partial charge in [0.2, 0.25) is 0 Å². The molecule has 1 aromatic rings. The van der Waals surface area contributed by atoms with Gasteiger partial charge in [-0.05, 0) is 18.9 Å². The van der Waals surface area contributed by atoms with Gasteiger partial charge in [-0.3, -0.25) is 0 Å². The Kier molecular flexibility index (Phi) is 6.40. The van der Waals surface area contributed by atoms with Crippen molar-refractivity contribution in [3.8, 4) is 0 Å². The largest absolute Gasteiger partial charge is 0.396 e. The molecule has 1 aromatic carbocycles. The predicted molar refractivity (Wildman–Crippen MR) is 56.9 cm³/mol. The molecule has 3 N–H and O–H groups in total. The maximum Gasteiger partial charge on any atom is 0.130 e. The first-order chi connectivity index (χ1) is 6.65. The molecule has 0 aliphatic heterocycles. The second kappa shape index (κ2) is 6.71. The van der Waals surface area contributed by atoms with Gasteiger partial charge in [0.05, 0.1) is 0 Å². The van der Waals surface area contributed by atoms with Crippen LogP contribution in [-0.4, -0.2) is 11.7 Å². The highest BCUT2D eigenvalue weighted by Gasteiger charge is 2.11. The molecular formula is C10H14ClF2NO. The number of benzene rings is 1. The Morgan fingerprint density at radius 3 is 2.53 bits per heavy atom. The SMILES string of the molecule is Cl.N[C@@H](CCCO)c1ccc(F)cc1F. The Labute approximate surface area is 93.5 Å². The van der Waals surface area contributed by atoms with E-state index in [0.29, 0.717) is 18.4 Å². The number of aliphatic hydroxyl groups is 1. The highest BCUT2D eigenvalue weighted by molar-refractivity contribution is 5.85. The third-order valence-electron chi connectivity index (χ3n) is 2.04. The number of hydrogen-bond acceptors (Lipinski definition) is 2. The Morgan fingerprint density at radius 1 is 1.33 bits per heavy atom. The lowest BCUT2D eigenvalue weighted by Crippen LogP contribution is -2.12. The molecule has 0 amide bonds. The van der Waals surface area contributed by atoms with Crippen molar-refractivity contribution < 1.29 is 13.9 Å². The molecule has 0 fully saturated rings. The molecule has 0 spiro atoms. The van der Waals surface area contributed by atoms with Crippen LogP contribution >= 0.6 is 12.4 Å². The van der Waals surface area contributed by atoms with Crippen molar-refractivity contribution in [2.45, 2.75) is 18.9 Å². The normalized spacial score (nSPS) is 12.0. The minimum atomic E-state index is -0.629. The molecule has 1 rings (SSSR count). The van der Waals surface area contributed by atoms with E-state index in [4.69, 9.17) is 10.8 Å². The molecule has 0 unspecified atom stereocenters. The molecule has 0 saturated carbocycles. The Balaban J connectivity index is 0.00000196. The zero-order valence-corrected chi connectivity index (χ0v) is 8.94.